The smallest absolute Gasteiger partial charge is 0.309 e. The van der Waals surface area contributed by atoms with Crippen molar-refractivity contribution in [1.82, 2.24) is 0 Å². The highest BCUT2D eigenvalue weighted by molar-refractivity contribution is 5.89. The van der Waals surface area contributed by atoms with E-state index < -0.39 is 18.4 Å². The number of quaternary nitrogens is 1. The van der Waals surface area contributed by atoms with Gasteiger partial charge >= 0.3 is 5.97 Å². The quantitative estimate of drug-likeness (QED) is 0.604. The summed E-state index contributed by atoms with van der Waals surface area (Å²) in [5.74, 6) is -0.417. The number of hydrogen-bond donors (Lipinski definition) is 2. The average Bonchev–Trinajstić information content (AvgIpc) is 3.01. The van der Waals surface area contributed by atoms with E-state index in [4.69, 9.17) is 14.6 Å². The highest BCUT2D eigenvalue weighted by atomic mass is 16.5. The molecule has 1 aromatic carbocycles. The molecule has 1 spiro atoms. The molecular formula is C21H25NO7. The molecule has 2 heterocycles. The van der Waals surface area contributed by atoms with E-state index in [1.165, 1.54) is 11.1 Å². The van der Waals surface area contributed by atoms with Crippen LogP contribution in [0.3, 0.4) is 0 Å². The van der Waals surface area contributed by atoms with Crippen molar-refractivity contribution in [3.63, 3.8) is 0 Å². The molecule has 4 aliphatic rings. The number of rotatable bonds is 3. The summed E-state index contributed by atoms with van der Waals surface area (Å²) in [7, 11) is 4.00. The lowest BCUT2D eigenvalue weighted by atomic mass is 9.52. The molecule has 5 rings (SSSR count). The Morgan fingerprint density at radius 2 is 2.17 bits per heavy atom. The first-order chi connectivity index (χ1) is 13.8. The number of methoxy groups -OCH3 is 1. The SMILES string of the molecule is COc1ccc2c3c1OC1C(=O)CCC4C(C2)[NH+](C)CCC314.O=C([O-])CC(=O)O. The summed E-state index contributed by atoms with van der Waals surface area (Å²) in [6, 6.07) is 4.84. The predicted octanol–water partition coefficient (Wildman–Crippen LogP) is -1.27. The van der Waals surface area contributed by atoms with Gasteiger partial charge in [0.25, 0.3) is 0 Å². The third-order valence-electron chi connectivity index (χ3n) is 7.04. The van der Waals surface area contributed by atoms with Crippen molar-refractivity contribution in [1.29, 1.82) is 0 Å². The Bertz CT molecular complexity index is 870. The van der Waals surface area contributed by atoms with E-state index in [9.17, 15) is 19.5 Å². The first kappa shape index (κ1) is 19.7. The van der Waals surface area contributed by atoms with Crippen molar-refractivity contribution >= 4 is 17.7 Å². The molecule has 0 radical (unpaired) electrons. The van der Waals surface area contributed by atoms with Gasteiger partial charge in [-0.1, -0.05) is 6.07 Å². The van der Waals surface area contributed by atoms with Crippen molar-refractivity contribution in [3.8, 4) is 11.5 Å². The number of ketones is 1. The fraction of sp³-hybridized carbons (Fsp3) is 0.571. The molecule has 5 unspecified atom stereocenters. The number of benzene rings is 1. The fourth-order valence-corrected chi connectivity index (χ4v) is 5.95. The van der Waals surface area contributed by atoms with Crippen LogP contribution in [0, 0.1) is 5.92 Å². The molecule has 156 valence electrons. The summed E-state index contributed by atoms with van der Waals surface area (Å²) in [6.45, 7) is 1.13. The van der Waals surface area contributed by atoms with Crippen LogP contribution in [0.4, 0.5) is 0 Å². The number of carboxylic acids is 2. The van der Waals surface area contributed by atoms with Gasteiger partial charge in [0, 0.05) is 30.7 Å². The summed E-state index contributed by atoms with van der Waals surface area (Å²) in [4.78, 5) is 33.0. The van der Waals surface area contributed by atoms with E-state index in [2.05, 4.69) is 13.1 Å². The van der Waals surface area contributed by atoms with Crippen LogP contribution in [0.5, 0.6) is 11.5 Å². The summed E-state index contributed by atoms with van der Waals surface area (Å²) in [5.41, 5.74) is 2.63. The van der Waals surface area contributed by atoms with Crippen LogP contribution in [0.15, 0.2) is 12.1 Å². The highest BCUT2D eigenvalue weighted by Crippen LogP contribution is 2.61. The minimum atomic E-state index is -1.56. The van der Waals surface area contributed by atoms with Gasteiger partial charge in [0.2, 0.25) is 0 Å². The number of piperidine rings is 1. The van der Waals surface area contributed by atoms with E-state index in [1.807, 2.05) is 6.07 Å². The molecule has 8 nitrogen and oxygen atoms in total. The van der Waals surface area contributed by atoms with Crippen LogP contribution < -0.4 is 19.5 Å². The molecule has 8 heteroatoms. The Hall–Kier alpha value is -2.61. The zero-order chi connectivity index (χ0) is 20.9. The summed E-state index contributed by atoms with van der Waals surface area (Å²) < 4.78 is 11.8. The van der Waals surface area contributed by atoms with Gasteiger partial charge in [-0.25, -0.2) is 0 Å². The van der Waals surface area contributed by atoms with Gasteiger partial charge in [0.1, 0.15) is 0 Å². The highest BCUT2D eigenvalue weighted by Gasteiger charge is 2.67. The molecule has 2 aliphatic carbocycles. The number of likely N-dealkylation sites (tertiary alicyclic amines) is 1. The minimum Gasteiger partial charge on any atom is -0.550 e. The van der Waals surface area contributed by atoms with Crippen molar-refractivity contribution in [2.24, 2.45) is 5.92 Å². The first-order valence-corrected chi connectivity index (χ1v) is 9.93. The molecule has 2 aliphatic heterocycles. The molecule has 2 fully saturated rings. The van der Waals surface area contributed by atoms with Crippen LogP contribution in [0.1, 0.15) is 36.8 Å². The van der Waals surface area contributed by atoms with Gasteiger partial charge in [-0.05, 0) is 18.1 Å². The second-order valence-corrected chi connectivity index (χ2v) is 8.38. The number of Topliss-reactive ketones (excluding diaryl/α,β-unsaturated/α-hetero) is 1. The molecule has 1 saturated carbocycles. The van der Waals surface area contributed by atoms with Gasteiger partial charge < -0.3 is 29.4 Å². The van der Waals surface area contributed by atoms with Crippen molar-refractivity contribution in [3.05, 3.63) is 23.3 Å². The Balaban J connectivity index is 0.000000255. The van der Waals surface area contributed by atoms with E-state index in [0.29, 0.717) is 24.2 Å². The minimum absolute atomic E-state index is 0.0725. The van der Waals surface area contributed by atoms with Crippen molar-refractivity contribution < 1.29 is 39.0 Å². The van der Waals surface area contributed by atoms with Gasteiger partial charge in [-0.15, -0.1) is 0 Å². The Kier molecular flexibility index (Phi) is 4.77. The van der Waals surface area contributed by atoms with Crippen LogP contribution >= 0.6 is 0 Å². The number of likely N-dealkylation sites (N-methyl/N-ethyl adjacent to an activating group) is 1. The maximum atomic E-state index is 12.6. The van der Waals surface area contributed by atoms with Crippen LogP contribution in [-0.4, -0.2) is 55.7 Å². The van der Waals surface area contributed by atoms with Crippen LogP contribution in [0.2, 0.25) is 0 Å². The van der Waals surface area contributed by atoms with Crippen molar-refractivity contribution in [2.45, 2.75) is 49.7 Å². The van der Waals surface area contributed by atoms with E-state index in [0.717, 1.165) is 37.3 Å². The van der Waals surface area contributed by atoms with Gasteiger partial charge in [-0.2, -0.15) is 0 Å². The Morgan fingerprint density at radius 3 is 2.79 bits per heavy atom. The molecule has 2 bridgehead atoms. The standard InChI is InChI=1S/C18H21NO3.C3H4O4/c1-19-8-7-18-11-4-5-13(20)17(18)22-16-14(21-2)6-3-10(15(16)18)9-12(11)19;4-2(5)1-3(6)7/h3,6,11-12,17H,4-5,7-9H2,1-2H3;1H2,(H,4,5)(H,6,7). The number of carbonyl (C=O) groups excluding carboxylic acids is 2. The second kappa shape index (κ2) is 7.02. The lowest BCUT2D eigenvalue weighted by Crippen LogP contribution is -3.16. The molecule has 1 saturated heterocycles. The number of carboxylic acid groups (broad SMARTS) is 2. The lowest BCUT2D eigenvalue weighted by molar-refractivity contribution is -0.919. The zero-order valence-electron chi connectivity index (χ0n) is 16.5. The molecule has 5 atom stereocenters. The molecule has 0 amide bonds. The first-order valence-electron chi connectivity index (χ1n) is 9.93. The summed E-state index contributed by atoms with van der Waals surface area (Å²) in [6.07, 6.45) is 2.68. The largest absolute Gasteiger partial charge is 0.550 e. The molecule has 29 heavy (non-hydrogen) atoms. The average molecular weight is 403 g/mol. The van der Waals surface area contributed by atoms with Gasteiger partial charge in [-0.3, -0.25) is 9.59 Å². The number of hydrogen-bond acceptors (Lipinski definition) is 6. The zero-order valence-corrected chi connectivity index (χ0v) is 16.5. The summed E-state index contributed by atoms with van der Waals surface area (Å²) in [5, 5.41) is 17.0. The van der Waals surface area contributed by atoms with E-state index in [1.54, 1.807) is 12.0 Å². The number of carbonyl (C=O) groups is 3. The maximum Gasteiger partial charge on any atom is 0.309 e. The third kappa shape index (κ3) is 2.88. The Labute approximate surface area is 168 Å². The maximum absolute atomic E-state index is 12.6. The van der Waals surface area contributed by atoms with Crippen LogP contribution in [-0.2, 0) is 26.2 Å². The number of ether oxygens (including phenoxy) is 2. The number of aliphatic carboxylic acids is 2. The predicted molar refractivity (Wildman–Crippen MR) is 97.9 cm³/mol. The molecule has 1 aromatic rings. The molecular weight excluding hydrogens is 378 g/mol. The summed E-state index contributed by atoms with van der Waals surface area (Å²) >= 11 is 0. The van der Waals surface area contributed by atoms with E-state index >= 15 is 0 Å². The molecule has 2 N–H and O–H groups in total. The van der Waals surface area contributed by atoms with Crippen molar-refractivity contribution in [2.75, 3.05) is 20.7 Å². The topological polar surface area (TPSA) is 117 Å². The normalized spacial score (nSPS) is 33.0. The lowest BCUT2D eigenvalue weighted by Gasteiger charge is -2.54. The van der Waals surface area contributed by atoms with Gasteiger partial charge in [0.05, 0.1) is 44.5 Å². The third-order valence-corrected chi connectivity index (χ3v) is 7.04. The molecule has 0 aromatic heterocycles. The number of nitrogens with one attached hydrogen (secondary N) is 1. The monoisotopic (exact) mass is 403 g/mol. The fourth-order valence-electron chi connectivity index (χ4n) is 5.95. The van der Waals surface area contributed by atoms with Gasteiger partial charge in [0.15, 0.2) is 23.4 Å². The van der Waals surface area contributed by atoms with E-state index in [-0.39, 0.29) is 11.5 Å². The Morgan fingerprint density at radius 1 is 1.41 bits per heavy atom. The second-order valence-electron chi connectivity index (χ2n) is 8.38. The van der Waals surface area contributed by atoms with Crippen LogP contribution in [0.25, 0.3) is 0 Å².